The minimum atomic E-state index is -3.82. The van der Waals surface area contributed by atoms with Gasteiger partial charge in [-0.15, -0.1) is 0 Å². The highest BCUT2D eigenvalue weighted by Gasteiger charge is 2.31. The van der Waals surface area contributed by atoms with Crippen molar-refractivity contribution in [2.45, 2.75) is 24.3 Å². The smallest absolute Gasteiger partial charge is 0.269 e. The average Bonchev–Trinajstić information content (AvgIpc) is 3.65. The zero-order chi connectivity index (χ0) is 25.7. The van der Waals surface area contributed by atoms with Crippen LogP contribution in [0.5, 0.6) is 0 Å². The number of carbonyl (C=O) groups excluding carboxylic acids is 1. The number of nitriles is 1. The molecule has 4 heterocycles. The molecule has 0 N–H and O–H groups in total. The van der Waals surface area contributed by atoms with Crippen LogP contribution < -0.4 is 0 Å². The van der Waals surface area contributed by atoms with Crippen molar-refractivity contribution in [3.63, 3.8) is 0 Å². The van der Waals surface area contributed by atoms with E-state index in [0.717, 1.165) is 17.8 Å². The van der Waals surface area contributed by atoms with E-state index in [-0.39, 0.29) is 16.8 Å². The summed E-state index contributed by atoms with van der Waals surface area (Å²) in [5.74, 6) is 0.696. The van der Waals surface area contributed by atoms with Gasteiger partial charge in [0.2, 0.25) is 0 Å². The van der Waals surface area contributed by atoms with E-state index >= 15 is 0 Å². The average molecular weight is 511 g/mol. The van der Waals surface area contributed by atoms with Gasteiger partial charge in [0.25, 0.3) is 15.9 Å². The van der Waals surface area contributed by atoms with Crippen LogP contribution >= 0.6 is 0 Å². The first-order valence-electron chi connectivity index (χ1n) is 11.8. The van der Waals surface area contributed by atoms with Crippen molar-refractivity contribution < 1.29 is 13.2 Å². The Morgan fingerprint density at radius 2 is 1.84 bits per heavy atom. The molecule has 1 aliphatic rings. The quantitative estimate of drug-likeness (QED) is 0.362. The summed E-state index contributed by atoms with van der Waals surface area (Å²) < 4.78 is 30.0. The van der Waals surface area contributed by atoms with Crippen molar-refractivity contribution in [2.75, 3.05) is 13.1 Å². The lowest BCUT2D eigenvalue weighted by atomic mass is 10.1. The lowest BCUT2D eigenvalue weighted by Crippen LogP contribution is -2.29. The molecule has 1 atom stereocenters. The van der Waals surface area contributed by atoms with Crippen LogP contribution in [0.15, 0.2) is 78.0 Å². The summed E-state index contributed by atoms with van der Waals surface area (Å²) in [6, 6.07) is 18.7. The number of benzene rings is 2. The van der Waals surface area contributed by atoms with Gasteiger partial charge in [0.15, 0.2) is 5.65 Å². The summed E-state index contributed by atoms with van der Waals surface area (Å²) in [6.07, 6.45) is 3.87. The van der Waals surface area contributed by atoms with Gasteiger partial charge in [-0.1, -0.05) is 18.2 Å². The number of pyridine rings is 1. The van der Waals surface area contributed by atoms with Gasteiger partial charge < -0.3 is 9.47 Å². The van der Waals surface area contributed by atoms with Crippen LogP contribution in [0.2, 0.25) is 0 Å². The first-order chi connectivity index (χ1) is 17.9. The fraction of sp³-hybridized carbons (Fsp3) is 0.185. The Hall–Kier alpha value is -4.49. The SMILES string of the molecule is Cc1nc2cnc3c(ccn3S(=O)(=O)c3ccccc3)c2n1C1CCN(C(=O)c2ccc(C#N)cc2)C1. The maximum absolute atomic E-state index is 13.3. The number of rotatable bonds is 4. The van der Waals surface area contributed by atoms with Crippen LogP contribution in [0.4, 0.5) is 0 Å². The van der Waals surface area contributed by atoms with E-state index in [4.69, 9.17) is 10.2 Å². The molecule has 184 valence electrons. The second-order valence-corrected chi connectivity index (χ2v) is 10.9. The van der Waals surface area contributed by atoms with E-state index in [1.807, 2.05) is 6.92 Å². The van der Waals surface area contributed by atoms with Crippen molar-refractivity contribution in [3.8, 4) is 6.07 Å². The standard InChI is InChI=1S/C27H22N6O3S/c1-18-30-24-16-29-26-23(12-14-32(26)37(35,36)22-5-3-2-4-6-22)25(24)33(18)21-11-13-31(17-21)27(34)20-9-7-19(15-28)8-10-20/h2-10,12,14,16,21H,11,13,17H2,1H3. The molecule has 0 aliphatic carbocycles. The third kappa shape index (κ3) is 3.67. The van der Waals surface area contributed by atoms with Crippen molar-refractivity contribution in [1.82, 2.24) is 23.4 Å². The van der Waals surface area contributed by atoms with Gasteiger partial charge in [-0.25, -0.2) is 22.4 Å². The van der Waals surface area contributed by atoms with Crippen LogP contribution in [0, 0.1) is 18.3 Å². The third-order valence-corrected chi connectivity index (χ3v) is 8.56. The molecular formula is C27H22N6O3S. The molecule has 1 unspecified atom stereocenters. The Bertz CT molecular complexity index is 1820. The molecule has 3 aromatic heterocycles. The Morgan fingerprint density at radius 3 is 2.57 bits per heavy atom. The number of fused-ring (bicyclic) bond motifs is 3. The van der Waals surface area contributed by atoms with E-state index < -0.39 is 10.0 Å². The molecule has 2 aromatic carbocycles. The zero-order valence-electron chi connectivity index (χ0n) is 19.9. The summed E-state index contributed by atoms with van der Waals surface area (Å²) in [7, 11) is -3.82. The number of hydrogen-bond acceptors (Lipinski definition) is 6. The molecule has 1 amide bonds. The number of hydrogen-bond donors (Lipinski definition) is 0. The third-order valence-electron chi connectivity index (χ3n) is 6.88. The van der Waals surface area contributed by atoms with Crippen molar-refractivity contribution >= 4 is 38.0 Å². The van der Waals surface area contributed by atoms with Crippen molar-refractivity contribution in [3.05, 3.63) is 90.0 Å². The number of amides is 1. The molecule has 37 heavy (non-hydrogen) atoms. The highest BCUT2D eigenvalue weighted by atomic mass is 32.2. The summed E-state index contributed by atoms with van der Waals surface area (Å²) in [4.78, 5) is 24.3. The van der Waals surface area contributed by atoms with E-state index in [1.165, 1.54) is 10.2 Å². The minimum absolute atomic E-state index is 0.0213. The molecule has 5 aromatic rings. The van der Waals surface area contributed by atoms with Crippen molar-refractivity contribution in [2.24, 2.45) is 0 Å². The number of carbonyl (C=O) groups is 1. The largest absolute Gasteiger partial charge is 0.336 e. The molecule has 1 saturated heterocycles. The monoisotopic (exact) mass is 510 g/mol. The van der Waals surface area contributed by atoms with Crippen LogP contribution in [-0.2, 0) is 10.0 Å². The fourth-order valence-electron chi connectivity index (χ4n) is 5.12. The highest BCUT2D eigenvalue weighted by molar-refractivity contribution is 7.90. The molecule has 0 bridgehead atoms. The maximum Gasteiger partial charge on any atom is 0.269 e. The van der Waals surface area contributed by atoms with Gasteiger partial charge in [-0.2, -0.15) is 5.26 Å². The molecule has 0 saturated carbocycles. The molecule has 9 nitrogen and oxygen atoms in total. The minimum Gasteiger partial charge on any atom is -0.336 e. The van der Waals surface area contributed by atoms with Crippen LogP contribution in [0.3, 0.4) is 0 Å². The fourth-order valence-corrected chi connectivity index (χ4v) is 6.44. The molecule has 0 radical (unpaired) electrons. The van der Waals surface area contributed by atoms with Gasteiger partial charge in [0.05, 0.1) is 34.3 Å². The van der Waals surface area contributed by atoms with Gasteiger partial charge in [-0.05, 0) is 55.8 Å². The molecular weight excluding hydrogens is 488 g/mol. The second kappa shape index (κ2) is 8.57. The van der Waals surface area contributed by atoms with E-state index in [9.17, 15) is 13.2 Å². The number of aryl methyl sites for hydroxylation is 1. The predicted molar refractivity (Wildman–Crippen MR) is 138 cm³/mol. The van der Waals surface area contributed by atoms with E-state index in [1.54, 1.807) is 71.8 Å². The second-order valence-electron chi connectivity index (χ2n) is 9.07. The first kappa shape index (κ1) is 22.9. The molecule has 10 heteroatoms. The summed E-state index contributed by atoms with van der Waals surface area (Å²) in [6.45, 7) is 2.99. The zero-order valence-corrected chi connectivity index (χ0v) is 20.8. The van der Waals surface area contributed by atoms with Gasteiger partial charge in [0.1, 0.15) is 11.3 Å². The van der Waals surface area contributed by atoms with Crippen molar-refractivity contribution in [1.29, 1.82) is 5.26 Å². The maximum atomic E-state index is 13.3. The topological polar surface area (TPSA) is 114 Å². The lowest BCUT2D eigenvalue weighted by molar-refractivity contribution is 0.0787. The molecule has 1 fully saturated rings. The first-order valence-corrected chi connectivity index (χ1v) is 13.3. The number of nitrogens with zero attached hydrogens (tertiary/aromatic N) is 6. The Labute approximate surface area is 213 Å². The summed E-state index contributed by atoms with van der Waals surface area (Å²) in [5, 5.41) is 9.71. The van der Waals surface area contributed by atoms with E-state index in [2.05, 4.69) is 15.6 Å². The predicted octanol–water partition coefficient (Wildman–Crippen LogP) is 3.89. The van der Waals surface area contributed by atoms with Crippen LogP contribution in [0.1, 0.15) is 34.2 Å². The normalized spacial score (nSPS) is 15.9. The number of imidazole rings is 1. The molecule has 0 spiro atoms. The molecule has 6 rings (SSSR count). The lowest BCUT2D eigenvalue weighted by Gasteiger charge is -2.19. The van der Waals surface area contributed by atoms with Gasteiger partial charge in [0, 0.05) is 30.2 Å². The Kier molecular flexibility index (Phi) is 5.31. The number of aromatic nitrogens is 4. The van der Waals surface area contributed by atoms with Crippen LogP contribution in [-0.4, -0.2) is 50.8 Å². The van der Waals surface area contributed by atoms with Gasteiger partial charge >= 0.3 is 0 Å². The Balaban J connectivity index is 1.38. The molecule has 1 aliphatic heterocycles. The number of likely N-dealkylation sites (tertiary alicyclic amines) is 1. The van der Waals surface area contributed by atoms with Gasteiger partial charge in [-0.3, -0.25) is 4.79 Å². The van der Waals surface area contributed by atoms with Crippen LogP contribution in [0.25, 0.3) is 22.1 Å². The van der Waals surface area contributed by atoms with E-state index in [0.29, 0.717) is 40.8 Å². The highest BCUT2D eigenvalue weighted by Crippen LogP contribution is 2.33. The Morgan fingerprint density at radius 1 is 1.08 bits per heavy atom. The summed E-state index contributed by atoms with van der Waals surface area (Å²) >= 11 is 0. The summed E-state index contributed by atoms with van der Waals surface area (Å²) in [5.41, 5.74) is 2.87.